The fourth-order valence-corrected chi connectivity index (χ4v) is 2.26. The molecule has 20 heavy (non-hydrogen) atoms. The van der Waals surface area contributed by atoms with Crippen molar-refractivity contribution in [2.75, 3.05) is 20.6 Å². The summed E-state index contributed by atoms with van der Waals surface area (Å²) in [4.78, 5) is 18.1. The van der Waals surface area contributed by atoms with Crippen LogP contribution in [0.25, 0.3) is 0 Å². The van der Waals surface area contributed by atoms with E-state index in [0.717, 1.165) is 6.42 Å². The highest BCUT2D eigenvalue weighted by Gasteiger charge is 2.17. The van der Waals surface area contributed by atoms with Crippen LogP contribution in [0.4, 0.5) is 0 Å². The summed E-state index contributed by atoms with van der Waals surface area (Å²) < 4.78 is 0. The Morgan fingerprint density at radius 2 is 2.05 bits per heavy atom. The molecule has 0 aliphatic rings. The van der Waals surface area contributed by atoms with Gasteiger partial charge in [-0.05, 0) is 32.5 Å². The van der Waals surface area contributed by atoms with Crippen molar-refractivity contribution in [2.24, 2.45) is 5.92 Å². The van der Waals surface area contributed by atoms with Crippen molar-refractivity contribution in [2.45, 2.75) is 26.3 Å². The maximum Gasteiger partial charge on any atom is 0.253 e. The van der Waals surface area contributed by atoms with Gasteiger partial charge in [0.1, 0.15) is 5.15 Å². The molecule has 4 nitrogen and oxygen atoms in total. The lowest BCUT2D eigenvalue weighted by Crippen LogP contribution is -2.41. The van der Waals surface area contributed by atoms with E-state index in [1.54, 1.807) is 0 Å². The topological polar surface area (TPSA) is 45.2 Å². The summed E-state index contributed by atoms with van der Waals surface area (Å²) in [7, 11) is 4.02. The second-order valence-electron chi connectivity index (χ2n) is 5.44. The second-order valence-corrected chi connectivity index (χ2v) is 6.24. The molecule has 1 aromatic heterocycles. The molecule has 0 spiro atoms. The quantitative estimate of drug-likeness (QED) is 0.820. The van der Waals surface area contributed by atoms with Gasteiger partial charge in [-0.25, -0.2) is 4.98 Å². The van der Waals surface area contributed by atoms with Crippen LogP contribution in [0.3, 0.4) is 0 Å². The molecule has 0 aromatic carbocycles. The van der Waals surface area contributed by atoms with Gasteiger partial charge >= 0.3 is 0 Å². The monoisotopic (exact) mass is 317 g/mol. The van der Waals surface area contributed by atoms with Gasteiger partial charge in [-0.2, -0.15) is 0 Å². The van der Waals surface area contributed by atoms with Gasteiger partial charge in [-0.1, -0.05) is 37.0 Å². The lowest BCUT2D eigenvalue weighted by atomic mass is 10.0. The molecule has 0 aliphatic heterocycles. The fourth-order valence-electron chi connectivity index (χ4n) is 1.91. The molecule has 1 heterocycles. The van der Waals surface area contributed by atoms with Gasteiger partial charge in [0.2, 0.25) is 0 Å². The predicted octanol–water partition coefficient (Wildman–Crippen LogP) is 3.09. The number of carbonyl (C=O) groups is 1. The Labute approximate surface area is 130 Å². The van der Waals surface area contributed by atoms with E-state index in [2.05, 4.69) is 29.0 Å². The summed E-state index contributed by atoms with van der Waals surface area (Å²) in [5, 5.41) is 3.46. The van der Waals surface area contributed by atoms with Gasteiger partial charge in [0.25, 0.3) is 5.91 Å². The Kier molecular flexibility index (Phi) is 6.72. The van der Waals surface area contributed by atoms with E-state index >= 15 is 0 Å². The molecule has 0 saturated carbocycles. The highest BCUT2D eigenvalue weighted by atomic mass is 35.5. The lowest BCUT2D eigenvalue weighted by molar-refractivity contribution is 0.0938. The molecule has 1 rings (SSSR count). The van der Waals surface area contributed by atoms with E-state index in [0.29, 0.717) is 23.0 Å². The van der Waals surface area contributed by atoms with E-state index in [1.165, 1.54) is 12.3 Å². The first-order chi connectivity index (χ1) is 9.31. The summed E-state index contributed by atoms with van der Waals surface area (Å²) >= 11 is 11.7. The SMILES string of the molecule is CC(C)CC(CNC(=O)c1cc(Cl)ncc1Cl)N(C)C. The summed E-state index contributed by atoms with van der Waals surface area (Å²) in [5.41, 5.74) is 0.355. The largest absolute Gasteiger partial charge is 0.350 e. The molecule has 1 amide bonds. The molecule has 6 heteroatoms. The van der Waals surface area contributed by atoms with Crippen LogP contribution >= 0.6 is 23.2 Å². The van der Waals surface area contributed by atoms with Crippen LogP contribution < -0.4 is 5.32 Å². The van der Waals surface area contributed by atoms with Crippen LogP contribution in [0.1, 0.15) is 30.6 Å². The molecule has 0 radical (unpaired) electrons. The van der Waals surface area contributed by atoms with Crippen LogP contribution in [-0.4, -0.2) is 42.5 Å². The van der Waals surface area contributed by atoms with Gasteiger partial charge in [-0.15, -0.1) is 0 Å². The number of carbonyl (C=O) groups excluding carboxylic acids is 1. The minimum Gasteiger partial charge on any atom is -0.350 e. The molecule has 1 aromatic rings. The number of hydrogen-bond donors (Lipinski definition) is 1. The van der Waals surface area contributed by atoms with E-state index in [-0.39, 0.29) is 17.1 Å². The Morgan fingerprint density at radius 3 is 2.60 bits per heavy atom. The number of nitrogens with one attached hydrogen (secondary N) is 1. The molecule has 0 bridgehead atoms. The van der Waals surface area contributed by atoms with Crippen LogP contribution in [0.15, 0.2) is 12.3 Å². The highest BCUT2D eigenvalue weighted by molar-refractivity contribution is 6.35. The van der Waals surface area contributed by atoms with Crippen LogP contribution in [0.5, 0.6) is 0 Å². The number of likely N-dealkylation sites (N-methyl/N-ethyl adjacent to an activating group) is 1. The number of rotatable bonds is 6. The van der Waals surface area contributed by atoms with Gasteiger partial charge in [0.15, 0.2) is 0 Å². The van der Waals surface area contributed by atoms with E-state index in [9.17, 15) is 4.79 Å². The van der Waals surface area contributed by atoms with Gasteiger partial charge in [-0.3, -0.25) is 4.79 Å². The van der Waals surface area contributed by atoms with E-state index in [4.69, 9.17) is 23.2 Å². The van der Waals surface area contributed by atoms with Crippen molar-refractivity contribution in [3.05, 3.63) is 28.0 Å². The molecule has 1 N–H and O–H groups in total. The third kappa shape index (κ3) is 5.27. The lowest BCUT2D eigenvalue weighted by Gasteiger charge is -2.26. The first kappa shape index (κ1) is 17.2. The molecule has 1 unspecified atom stereocenters. The minimum absolute atomic E-state index is 0.227. The Morgan fingerprint density at radius 1 is 1.40 bits per heavy atom. The first-order valence-corrected chi connectivity index (χ1v) is 7.32. The van der Waals surface area contributed by atoms with Crippen molar-refractivity contribution in [1.29, 1.82) is 0 Å². The summed E-state index contributed by atoms with van der Waals surface area (Å²) in [6.45, 7) is 4.90. The average molecular weight is 318 g/mol. The van der Waals surface area contributed by atoms with E-state index < -0.39 is 0 Å². The molecule has 0 saturated heterocycles. The zero-order valence-electron chi connectivity index (χ0n) is 12.3. The maximum atomic E-state index is 12.1. The molecular formula is C14H21Cl2N3O. The van der Waals surface area contributed by atoms with Crippen molar-refractivity contribution in [3.63, 3.8) is 0 Å². The van der Waals surface area contributed by atoms with E-state index in [1.807, 2.05) is 14.1 Å². The van der Waals surface area contributed by atoms with Gasteiger partial charge in [0.05, 0.1) is 10.6 Å². The predicted molar refractivity (Wildman–Crippen MR) is 83.5 cm³/mol. The zero-order valence-corrected chi connectivity index (χ0v) is 13.8. The Hall–Kier alpha value is -0.840. The smallest absolute Gasteiger partial charge is 0.253 e. The third-order valence-corrected chi connectivity index (χ3v) is 3.55. The van der Waals surface area contributed by atoms with Crippen LogP contribution in [0.2, 0.25) is 10.2 Å². The number of pyridine rings is 1. The first-order valence-electron chi connectivity index (χ1n) is 6.57. The molecule has 112 valence electrons. The molecule has 0 fully saturated rings. The highest BCUT2D eigenvalue weighted by Crippen LogP contribution is 2.18. The van der Waals surface area contributed by atoms with Crippen molar-refractivity contribution < 1.29 is 4.79 Å². The molecule has 0 aliphatic carbocycles. The summed E-state index contributed by atoms with van der Waals surface area (Å²) in [6.07, 6.45) is 2.40. The van der Waals surface area contributed by atoms with Crippen molar-refractivity contribution >= 4 is 29.1 Å². The van der Waals surface area contributed by atoms with Crippen molar-refractivity contribution in [1.82, 2.24) is 15.2 Å². The standard InChI is InChI=1S/C14H21Cl2N3O/c1-9(2)5-10(19(3)4)7-18-14(20)11-6-13(16)17-8-12(11)15/h6,8-10H,5,7H2,1-4H3,(H,18,20). The number of hydrogen-bond acceptors (Lipinski definition) is 3. The van der Waals surface area contributed by atoms with Crippen molar-refractivity contribution in [3.8, 4) is 0 Å². The summed E-state index contributed by atoms with van der Waals surface area (Å²) in [5.74, 6) is 0.341. The second kappa shape index (κ2) is 7.81. The molecule has 1 atom stereocenters. The average Bonchev–Trinajstić information content (AvgIpc) is 2.36. The van der Waals surface area contributed by atoms with Crippen LogP contribution in [-0.2, 0) is 0 Å². The zero-order chi connectivity index (χ0) is 15.3. The summed E-state index contributed by atoms with van der Waals surface area (Å²) in [6, 6.07) is 1.77. The van der Waals surface area contributed by atoms with Gasteiger partial charge < -0.3 is 10.2 Å². The van der Waals surface area contributed by atoms with Crippen LogP contribution in [0, 0.1) is 5.92 Å². The Balaban J connectivity index is 2.68. The maximum absolute atomic E-state index is 12.1. The number of halogens is 2. The third-order valence-electron chi connectivity index (χ3n) is 3.04. The molecular weight excluding hydrogens is 297 g/mol. The normalized spacial score (nSPS) is 12.8. The number of aromatic nitrogens is 1. The Bertz CT molecular complexity index is 464. The number of nitrogens with zero attached hydrogens (tertiary/aromatic N) is 2. The minimum atomic E-state index is -0.227. The number of amides is 1. The van der Waals surface area contributed by atoms with Gasteiger partial charge in [0, 0.05) is 18.8 Å². The fraction of sp³-hybridized carbons (Fsp3) is 0.571.